The second kappa shape index (κ2) is 12.8. The number of carboxylic acid groups (broad SMARTS) is 1. The van der Waals surface area contributed by atoms with Gasteiger partial charge in [-0.1, -0.05) is 66.2 Å². The smallest absolute Gasteiger partial charge is 0.328 e. The minimum absolute atomic E-state index is 0.112. The van der Waals surface area contributed by atoms with Crippen LogP contribution < -0.4 is 16.0 Å². The van der Waals surface area contributed by atoms with E-state index >= 15 is 0 Å². The lowest BCUT2D eigenvalue weighted by Crippen LogP contribution is -2.42. The molecule has 0 aliphatic carbocycles. The second-order valence-electron chi connectivity index (χ2n) is 9.00. The van der Waals surface area contributed by atoms with Crippen molar-refractivity contribution in [2.24, 2.45) is 0 Å². The number of carbonyl (C=O) groups is 5. The van der Waals surface area contributed by atoms with E-state index in [0.29, 0.717) is 27.5 Å². The number of rotatable bonds is 10. The molecular weight excluding hydrogens is 538 g/mol. The largest absolute Gasteiger partial charge is 0.481 e. The average Bonchev–Trinajstić information content (AvgIpc) is 3.18. The van der Waals surface area contributed by atoms with Crippen molar-refractivity contribution in [3.05, 3.63) is 95.0 Å². The highest BCUT2D eigenvalue weighted by Crippen LogP contribution is 2.22. The molecule has 1 fully saturated rings. The van der Waals surface area contributed by atoms with Gasteiger partial charge in [-0.05, 0) is 35.4 Å². The van der Waals surface area contributed by atoms with Crippen LogP contribution in [-0.2, 0) is 20.9 Å². The standard InChI is InChI=1S/C28H26ClN5O6/c29-21-8-4-5-9-22(21)32-27(39)30-20-12-10-18(11-13-20)15-33-17-25(36)34(28(33)40)16-24(35)31-23(14-26(37)38)19-6-2-1-3-7-19/h1-13,23H,14-17H2,(H,31,35)(H,37,38)(H2,30,32,39)/t23-/m1/s1. The van der Waals surface area contributed by atoms with E-state index in [1.807, 2.05) is 0 Å². The van der Waals surface area contributed by atoms with Crippen molar-refractivity contribution in [1.82, 2.24) is 15.1 Å². The molecule has 0 aromatic heterocycles. The van der Waals surface area contributed by atoms with Gasteiger partial charge in [-0.15, -0.1) is 0 Å². The Morgan fingerprint density at radius 1 is 0.900 bits per heavy atom. The Kier molecular flexibility index (Phi) is 8.97. The van der Waals surface area contributed by atoms with Crippen molar-refractivity contribution >= 4 is 52.8 Å². The number of imide groups is 1. The van der Waals surface area contributed by atoms with Gasteiger partial charge in [0.2, 0.25) is 5.91 Å². The minimum Gasteiger partial charge on any atom is -0.481 e. The van der Waals surface area contributed by atoms with E-state index in [1.54, 1.807) is 78.9 Å². The first-order valence-electron chi connectivity index (χ1n) is 12.3. The molecule has 3 aromatic rings. The maximum atomic E-state index is 12.9. The van der Waals surface area contributed by atoms with Crippen LogP contribution in [0.4, 0.5) is 21.0 Å². The number of hydrogen-bond acceptors (Lipinski definition) is 5. The van der Waals surface area contributed by atoms with Gasteiger partial charge in [-0.25, -0.2) is 9.59 Å². The second-order valence-corrected chi connectivity index (χ2v) is 9.41. The van der Waals surface area contributed by atoms with Crippen LogP contribution in [0.25, 0.3) is 0 Å². The van der Waals surface area contributed by atoms with E-state index < -0.39 is 42.4 Å². The van der Waals surface area contributed by atoms with Crippen LogP contribution in [0.15, 0.2) is 78.9 Å². The summed E-state index contributed by atoms with van der Waals surface area (Å²) in [5.74, 6) is -2.29. The summed E-state index contributed by atoms with van der Waals surface area (Å²) in [5.41, 5.74) is 2.27. The molecule has 1 aliphatic heterocycles. The number of amides is 6. The Hall–Kier alpha value is -4.90. The Bertz CT molecular complexity index is 1420. The average molecular weight is 564 g/mol. The lowest BCUT2D eigenvalue weighted by molar-refractivity contribution is -0.138. The number of benzene rings is 3. The molecule has 4 N–H and O–H groups in total. The van der Waals surface area contributed by atoms with Crippen molar-refractivity contribution in [3.8, 4) is 0 Å². The lowest BCUT2D eigenvalue weighted by atomic mass is 10.0. The van der Waals surface area contributed by atoms with Gasteiger partial charge in [0.25, 0.3) is 5.91 Å². The van der Waals surface area contributed by atoms with Crippen LogP contribution in [0.5, 0.6) is 0 Å². The van der Waals surface area contributed by atoms with Crippen LogP contribution >= 0.6 is 11.6 Å². The third-order valence-corrected chi connectivity index (χ3v) is 6.38. The quantitative estimate of drug-likeness (QED) is 0.273. The fourth-order valence-corrected chi connectivity index (χ4v) is 4.31. The van der Waals surface area contributed by atoms with Crippen LogP contribution in [0.2, 0.25) is 5.02 Å². The first-order chi connectivity index (χ1) is 19.2. The number of carboxylic acids is 1. The van der Waals surface area contributed by atoms with Gasteiger partial charge >= 0.3 is 18.0 Å². The SMILES string of the molecule is O=C(O)C[C@@H](NC(=O)CN1C(=O)CN(Cc2ccc(NC(=O)Nc3ccccc3Cl)cc2)C1=O)c1ccccc1. The van der Waals surface area contributed by atoms with Crippen LogP contribution in [0.1, 0.15) is 23.6 Å². The molecule has 0 radical (unpaired) electrons. The van der Waals surface area contributed by atoms with Crippen molar-refractivity contribution in [2.45, 2.75) is 19.0 Å². The molecule has 0 saturated carbocycles. The van der Waals surface area contributed by atoms with Gasteiger partial charge in [0.15, 0.2) is 0 Å². The number of halogens is 1. The molecule has 0 spiro atoms. The van der Waals surface area contributed by atoms with Crippen molar-refractivity contribution < 1.29 is 29.1 Å². The van der Waals surface area contributed by atoms with Gasteiger partial charge in [0.05, 0.1) is 23.2 Å². The summed E-state index contributed by atoms with van der Waals surface area (Å²) in [6, 6.07) is 20.2. The monoisotopic (exact) mass is 563 g/mol. The predicted molar refractivity (Wildman–Crippen MR) is 148 cm³/mol. The zero-order valence-corrected chi connectivity index (χ0v) is 21.9. The van der Waals surface area contributed by atoms with Gasteiger partial charge < -0.3 is 26.0 Å². The molecule has 12 heteroatoms. The van der Waals surface area contributed by atoms with E-state index in [-0.39, 0.29) is 19.5 Å². The fraction of sp³-hybridized carbons (Fsp3) is 0.179. The Morgan fingerprint density at radius 3 is 2.25 bits per heavy atom. The summed E-state index contributed by atoms with van der Waals surface area (Å²) < 4.78 is 0. The molecule has 1 aliphatic rings. The van der Waals surface area contributed by atoms with Gasteiger partial charge in [0, 0.05) is 12.2 Å². The van der Waals surface area contributed by atoms with E-state index in [9.17, 15) is 29.1 Å². The van der Waals surface area contributed by atoms with Crippen molar-refractivity contribution in [3.63, 3.8) is 0 Å². The number of urea groups is 2. The number of nitrogens with one attached hydrogen (secondary N) is 3. The summed E-state index contributed by atoms with van der Waals surface area (Å²) in [6.07, 6.45) is -0.351. The summed E-state index contributed by atoms with van der Waals surface area (Å²) in [5, 5.41) is 17.6. The topological polar surface area (TPSA) is 148 Å². The first-order valence-corrected chi connectivity index (χ1v) is 12.6. The highest BCUT2D eigenvalue weighted by Gasteiger charge is 2.37. The van der Waals surface area contributed by atoms with Gasteiger partial charge in [-0.2, -0.15) is 0 Å². The molecule has 0 unspecified atom stereocenters. The summed E-state index contributed by atoms with van der Waals surface area (Å²) in [6.45, 7) is -0.620. The van der Waals surface area contributed by atoms with E-state index in [0.717, 1.165) is 4.90 Å². The summed E-state index contributed by atoms with van der Waals surface area (Å²) in [7, 11) is 0. The van der Waals surface area contributed by atoms with Gasteiger partial charge in [-0.3, -0.25) is 19.3 Å². The Morgan fingerprint density at radius 2 is 1.57 bits per heavy atom. The maximum Gasteiger partial charge on any atom is 0.328 e. The summed E-state index contributed by atoms with van der Waals surface area (Å²) in [4.78, 5) is 63.8. The van der Waals surface area contributed by atoms with Crippen molar-refractivity contribution in [2.75, 3.05) is 23.7 Å². The molecule has 4 rings (SSSR count). The molecule has 6 amide bonds. The summed E-state index contributed by atoms with van der Waals surface area (Å²) >= 11 is 6.05. The molecule has 1 saturated heterocycles. The fourth-order valence-electron chi connectivity index (χ4n) is 4.13. The zero-order chi connectivity index (χ0) is 28.6. The maximum absolute atomic E-state index is 12.9. The first kappa shape index (κ1) is 28.1. The lowest BCUT2D eigenvalue weighted by Gasteiger charge is -2.20. The molecule has 3 aromatic carbocycles. The zero-order valence-electron chi connectivity index (χ0n) is 21.2. The normalized spacial score (nSPS) is 13.6. The van der Waals surface area contributed by atoms with E-state index in [4.69, 9.17) is 11.6 Å². The van der Waals surface area contributed by atoms with Crippen LogP contribution in [0.3, 0.4) is 0 Å². The highest BCUT2D eigenvalue weighted by atomic mass is 35.5. The minimum atomic E-state index is -1.10. The predicted octanol–water partition coefficient (Wildman–Crippen LogP) is 4.08. The van der Waals surface area contributed by atoms with E-state index in [2.05, 4.69) is 16.0 Å². The third-order valence-electron chi connectivity index (χ3n) is 6.05. The number of anilines is 2. The van der Waals surface area contributed by atoms with Gasteiger partial charge in [0.1, 0.15) is 13.1 Å². The van der Waals surface area contributed by atoms with Crippen LogP contribution in [0, 0.1) is 0 Å². The number of nitrogens with zero attached hydrogens (tertiary/aromatic N) is 2. The highest BCUT2D eigenvalue weighted by molar-refractivity contribution is 6.33. The molecule has 40 heavy (non-hydrogen) atoms. The number of para-hydroxylation sites is 1. The number of aliphatic carboxylic acids is 1. The van der Waals surface area contributed by atoms with Crippen molar-refractivity contribution in [1.29, 1.82) is 0 Å². The molecule has 206 valence electrons. The molecule has 0 bridgehead atoms. The molecule has 1 atom stereocenters. The van der Waals surface area contributed by atoms with Crippen LogP contribution in [-0.4, -0.2) is 57.8 Å². The molecular formula is C28H26ClN5O6. The Balaban J connectivity index is 1.31. The molecule has 11 nitrogen and oxygen atoms in total. The molecule has 1 heterocycles. The number of carbonyl (C=O) groups excluding carboxylic acids is 4. The number of hydrogen-bond donors (Lipinski definition) is 4. The third kappa shape index (κ3) is 7.35. The Labute approximate surface area is 234 Å². The van der Waals surface area contributed by atoms with E-state index in [1.165, 1.54) is 4.90 Å².